The number of likely N-dealkylation sites (tertiary alicyclic amines) is 3. The molecule has 3 fully saturated rings. The van der Waals surface area contributed by atoms with E-state index >= 15 is 0 Å². The van der Waals surface area contributed by atoms with E-state index in [2.05, 4.69) is 20.4 Å². The Morgan fingerprint density at radius 2 is 1.65 bits per heavy atom. The lowest BCUT2D eigenvalue weighted by Gasteiger charge is -2.41. The highest BCUT2D eigenvalue weighted by Crippen LogP contribution is 2.29. The fourth-order valence-electron chi connectivity index (χ4n) is 7.60. The highest BCUT2D eigenvalue weighted by molar-refractivity contribution is 6.35. The number of rotatable bonds is 6. The maximum atomic E-state index is 14.0. The minimum Gasteiger partial charge on any atom is -0.436 e. The van der Waals surface area contributed by atoms with Crippen molar-refractivity contribution in [2.45, 2.75) is 76.1 Å². The number of aromatic nitrogens is 2. The Labute approximate surface area is 274 Å². The number of urea groups is 1. The van der Waals surface area contributed by atoms with Crippen LogP contribution in [0.25, 0.3) is 10.9 Å². The first-order valence-corrected chi connectivity index (χ1v) is 17.1. The number of aromatic amines is 1. The molecule has 11 nitrogen and oxygen atoms in total. The Balaban J connectivity index is 1.01. The summed E-state index contributed by atoms with van der Waals surface area (Å²) in [4.78, 5) is 48.4. The van der Waals surface area contributed by atoms with Gasteiger partial charge in [-0.2, -0.15) is 5.10 Å². The molecule has 0 saturated carbocycles. The molecule has 4 aliphatic rings. The minimum absolute atomic E-state index is 0.0138. The van der Waals surface area contributed by atoms with Crippen molar-refractivity contribution < 1.29 is 19.1 Å². The molecule has 5 heterocycles. The van der Waals surface area contributed by atoms with Crippen LogP contribution in [0.2, 0.25) is 5.02 Å². The third-order valence-corrected chi connectivity index (χ3v) is 10.5. The Morgan fingerprint density at radius 3 is 2.43 bits per heavy atom. The molecule has 1 aromatic heterocycles. The first-order chi connectivity index (χ1) is 22.4. The fraction of sp³-hybridized carbons (Fsp3) is 0.529. The van der Waals surface area contributed by atoms with E-state index in [9.17, 15) is 14.4 Å². The highest BCUT2D eigenvalue weighted by atomic mass is 35.5. The Morgan fingerprint density at radius 1 is 0.935 bits per heavy atom. The van der Waals surface area contributed by atoms with Gasteiger partial charge >= 0.3 is 12.1 Å². The molecule has 0 bridgehead atoms. The van der Waals surface area contributed by atoms with Crippen molar-refractivity contribution in [1.82, 2.24) is 29.8 Å². The van der Waals surface area contributed by atoms with E-state index in [0.29, 0.717) is 56.6 Å². The molecule has 1 atom stereocenters. The molecule has 46 heavy (non-hydrogen) atoms. The van der Waals surface area contributed by atoms with E-state index in [1.165, 1.54) is 19.3 Å². The van der Waals surface area contributed by atoms with Crippen LogP contribution in [0, 0.1) is 0 Å². The van der Waals surface area contributed by atoms with Gasteiger partial charge in [0.25, 0.3) is 5.91 Å². The average molecular weight is 648 g/mol. The number of halogens is 1. The number of H-pyrrole nitrogens is 1. The van der Waals surface area contributed by atoms with Crippen molar-refractivity contribution in [3.05, 3.63) is 58.7 Å². The minimum atomic E-state index is -0.971. The lowest BCUT2D eigenvalue weighted by atomic mass is 9.98. The van der Waals surface area contributed by atoms with Crippen LogP contribution in [-0.2, 0) is 22.5 Å². The number of ether oxygens (including phenoxy) is 1. The second kappa shape index (κ2) is 13.5. The van der Waals surface area contributed by atoms with Gasteiger partial charge in [0.2, 0.25) is 0 Å². The van der Waals surface area contributed by atoms with Crippen LogP contribution < -0.4 is 5.32 Å². The van der Waals surface area contributed by atoms with Crippen LogP contribution in [0.5, 0.6) is 0 Å². The number of amides is 4. The second-order valence-electron chi connectivity index (χ2n) is 13.1. The molecule has 7 rings (SSSR count). The standard InChI is InChI=1S/C34H42ClN7O4/c35-28-19-23(18-25-21-36-38-31(25)28)20-30(32(43)40-14-8-26(9-15-40)39-12-4-1-5-13-39)46-34(45)41-16-10-27(11-17-41)42-22-24-6-2-3-7-29(24)37-33(42)44/h2-3,6-7,18-19,21,26-27,30H,1,4-5,8-17,20,22H2,(H,36,38)(H,37,44)/t30-/m1/s1. The zero-order chi connectivity index (χ0) is 31.6. The quantitative estimate of drug-likeness (QED) is 0.378. The molecule has 12 heteroatoms. The lowest BCUT2D eigenvalue weighted by Crippen LogP contribution is -2.53. The smallest absolute Gasteiger partial charge is 0.410 e. The Bertz CT molecular complexity index is 1570. The van der Waals surface area contributed by atoms with Crippen molar-refractivity contribution in [1.29, 1.82) is 0 Å². The van der Waals surface area contributed by atoms with Crippen LogP contribution in [0.3, 0.4) is 0 Å². The number of nitrogens with one attached hydrogen (secondary N) is 2. The van der Waals surface area contributed by atoms with Crippen molar-refractivity contribution in [2.24, 2.45) is 0 Å². The van der Waals surface area contributed by atoms with Crippen LogP contribution in [0.4, 0.5) is 15.3 Å². The van der Waals surface area contributed by atoms with E-state index in [1.54, 1.807) is 11.1 Å². The first kappa shape index (κ1) is 30.8. The van der Waals surface area contributed by atoms with Gasteiger partial charge in [-0.3, -0.25) is 9.89 Å². The van der Waals surface area contributed by atoms with Gasteiger partial charge in [-0.25, -0.2) is 9.59 Å². The topological polar surface area (TPSA) is 114 Å². The first-order valence-electron chi connectivity index (χ1n) is 16.7. The summed E-state index contributed by atoms with van der Waals surface area (Å²) in [5, 5.41) is 11.3. The zero-order valence-corrected chi connectivity index (χ0v) is 26.9. The second-order valence-corrected chi connectivity index (χ2v) is 13.5. The molecule has 4 aliphatic heterocycles. The van der Waals surface area contributed by atoms with E-state index in [-0.39, 0.29) is 24.4 Å². The summed E-state index contributed by atoms with van der Waals surface area (Å²) < 4.78 is 6.06. The van der Waals surface area contributed by atoms with Gasteiger partial charge in [0, 0.05) is 62.3 Å². The summed E-state index contributed by atoms with van der Waals surface area (Å²) in [6.07, 6.45) is 7.39. The molecule has 3 aromatic rings. The summed E-state index contributed by atoms with van der Waals surface area (Å²) in [7, 11) is 0. The maximum Gasteiger partial charge on any atom is 0.410 e. The van der Waals surface area contributed by atoms with Gasteiger partial charge in [0.15, 0.2) is 6.10 Å². The normalized spacial score (nSPS) is 20.8. The number of benzene rings is 2. The van der Waals surface area contributed by atoms with Crippen LogP contribution in [-0.4, -0.2) is 105 Å². The monoisotopic (exact) mass is 647 g/mol. The zero-order valence-electron chi connectivity index (χ0n) is 26.1. The molecular weight excluding hydrogens is 606 g/mol. The third-order valence-electron chi connectivity index (χ3n) is 10.2. The Hall–Kier alpha value is -3.83. The molecular formula is C34H42ClN7O4. The molecule has 2 aromatic carbocycles. The maximum absolute atomic E-state index is 14.0. The number of hydrogen-bond donors (Lipinski definition) is 2. The van der Waals surface area contributed by atoms with E-state index < -0.39 is 12.2 Å². The van der Waals surface area contributed by atoms with Crippen LogP contribution in [0.1, 0.15) is 56.1 Å². The number of para-hydroxylation sites is 1. The molecule has 3 saturated heterocycles. The van der Waals surface area contributed by atoms with Gasteiger partial charge in [-0.05, 0) is 80.9 Å². The Kier molecular flexibility index (Phi) is 9.04. The summed E-state index contributed by atoms with van der Waals surface area (Å²) in [6, 6.07) is 12.0. The number of anilines is 1. The van der Waals surface area contributed by atoms with Crippen LogP contribution >= 0.6 is 11.6 Å². The fourth-order valence-corrected chi connectivity index (χ4v) is 7.89. The van der Waals surface area contributed by atoms with E-state index in [1.807, 2.05) is 46.2 Å². The van der Waals surface area contributed by atoms with Crippen LogP contribution in [0.15, 0.2) is 42.6 Å². The van der Waals surface area contributed by atoms with E-state index in [4.69, 9.17) is 16.3 Å². The van der Waals surface area contributed by atoms with Gasteiger partial charge in [0.1, 0.15) is 0 Å². The third kappa shape index (κ3) is 6.53. The summed E-state index contributed by atoms with van der Waals surface area (Å²) >= 11 is 6.53. The molecule has 0 unspecified atom stereocenters. The number of hydrogen-bond acceptors (Lipinski definition) is 6. The molecule has 4 amide bonds. The SMILES string of the molecule is O=C(O[C@H](Cc1cc(Cl)c2[nH]ncc2c1)C(=O)N1CCC(N2CCCCC2)CC1)N1CCC(N2Cc3ccccc3NC2=O)CC1. The molecule has 0 spiro atoms. The van der Waals surface area contributed by atoms with E-state index in [0.717, 1.165) is 53.6 Å². The van der Waals surface area contributed by atoms with Crippen molar-refractivity contribution in [3.8, 4) is 0 Å². The van der Waals surface area contributed by atoms with Gasteiger partial charge in [-0.1, -0.05) is 36.2 Å². The van der Waals surface area contributed by atoms with Gasteiger partial charge < -0.3 is 29.7 Å². The van der Waals surface area contributed by atoms with Gasteiger partial charge in [-0.15, -0.1) is 0 Å². The molecule has 0 radical (unpaired) electrons. The number of nitrogens with zero attached hydrogens (tertiary/aromatic N) is 5. The van der Waals surface area contributed by atoms with Crippen molar-refractivity contribution in [3.63, 3.8) is 0 Å². The molecule has 244 valence electrons. The summed E-state index contributed by atoms with van der Waals surface area (Å²) in [6.45, 7) is 5.04. The number of carbonyl (C=O) groups is 3. The summed E-state index contributed by atoms with van der Waals surface area (Å²) in [5.41, 5.74) is 3.48. The summed E-state index contributed by atoms with van der Waals surface area (Å²) in [5.74, 6) is -0.160. The lowest BCUT2D eigenvalue weighted by molar-refractivity contribution is -0.142. The highest BCUT2D eigenvalue weighted by Gasteiger charge is 2.36. The largest absolute Gasteiger partial charge is 0.436 e. The van der Waals surface area contributed by atoms with Crippen molar-refractivity contribution >= 4 is 46.2 Å². The number of fused-ring (bicyclic) bond motifs is 2. The molecule has 2 N–H and O–H groups in total. The number of piperidine rings is 3. The predicted molar refractivity (Wildman–Crippen MR) is 176 cm³/mol. The number of carbonyl (C=O) groups excluding carboxylic acids is 3. The van der Waals surface area contributed by atoms with Gasteiger partial charge in [0.05, 0.1) is 16.7 Å². The average Bonchev–Trinajstić information content (AvgIpc) is 3.57. The van der Waals surface area contributed by atoms with Crippen molar-refractivity contribution in [2.75, 3.05) is 44.6 Å². The predicted octanol–water partition coefficient (Wildman–Crippen LogP) is 5.25. The molecule has 0 aliphatic carbocycles.